The van der Waals surface area contributed by atoms with Crippen LogP contribution in [0.3, 0.4) is 0 Å². The Hall–Kier alpha value is -2.73. The van der Waals surface area contributed by atoms with Gasteiger partial charge in [-0.15, -0.1) is 11.3 Å². The molecule has 1 amide bonds. The average molecular weight is 370 g/mol. The summed E-state index contributed by atoms with van der Waals surface area (Å²) in [6.45, 7) is 3.99. The molecule has 0 aliphatic carbocycles. The molecule has 1 heterocycles. The molecule has 2 aromatic carbocycles. The highest BCUT2D eigenvalue weighted by Crippen LogP contribution is 2.22. The number of benzene rings is 2. The van der Waals surface area contributed by atoms with Gasteiger partial charge in [-0.05, 0) is 43.7 Å². The van der Waals surface area contributed by atoms with Crippen LogP contribution in [0.25, 0.3) is 0 Å². The summed E-state index contributed by atoms with van der Waals surface area (Å²) in [5, 5.41) is 3.69. The van der Waals surface area contributed by atoms with Crippen molar-refractivity contribution in [1.82, 2.24) is 10.3 Å². The van der Waals surface area contributed by atoms with Crippen LogP contribution in [-0.2, 0) is 6.61 Å². The van der Waals surface area contributed by atoms with Crippen LogP contribution in [0.2, 0.25) is 0 Å². The number of aromatic nitrogens is 1. The molecule has 3 aromatic rings. The summed E-state index contributed by atoms with van der Waals surface area (Å²) in [5.74, 6) is 0.0984. The lowest BCUT2D eigenvalue weighted by Crippen LogP contribution is -2.26. The van der Waals surface area contributed by atoms with E-state index in [0.717, 1.165) is 5.56 Å². The highest BCUT2D eigenvalue weighted by molar-refractivity contribution is 7.13. The van der Waals surface area contributed by atoms with Gasteiger partial charge in [-0.2, -0.15) is 0 Å². The van der Waals surface area contributed by atoms with Gasteiger partial charge in [0.15, 0.2) is 0 Å². The molecule has 0 aliphatic rings. The summed E-state index contributed by atoms with van der Waals surface area (Å²) in [4.78, 5) is 17.5. The summed E-state index contributed by atoms with van der Waals surface area (Å²) in [6.07, 6.45) is 0. The second-order valence-corrected chi connectivity index (χ2v) is 6.95. The maximum Gasteiger partial charge on any atom is 0.263 e. The van der Waals surface area contributed by atoms with Crippen molar-refractivity contribution < 1.29 is 13.9 Å². The summed E-state index contributed by atoms with van der Waals surface area (Å²) < 4.78 is 18.5. The molecule has 0 saturated heterocycles. The molecule has 134 valence electrons. The standard InChI is InChI=1S/C20H19FN2O2S/c1-13(15-6-4-3-5-7-15)23-20(24)19-14(2)22-18(26-19)12-25-17-10-8-16(21)9-11-17/h3-11,13H,12H2,1-2H3,(H,23,24). The predicted molar refractivity (Wildman–Crippen MR) is 99.9 cm³/mol. The Kier molecular flexibility index (Phi) is 5.63. The van der Waals surface area contributed by atoms with Gasteiger partial charge in [-0.3, -0.25) is 4.79 Å². The van der Waals surface area contributed by atoms with Crippen molar-refractivity contribution in [1.29, 1.82) is 0 Å². The third kappa shape index (κ3) is 4.46. The monoisotopic (exact) mass is 370 g/mol. The van der Waals surface area contributed by atoms with E-state index in [1.807, 2.05) is 37.3 Å². The van der Waals surface area contributed by atoms with Crippen LogP contribution in [0.4, 0.5) is 4.39 Å². The maximum atomic E-state index is 12.9. The minimum absolute atomic E-state index is 0.0934. The van der Waals surface area contributed by atoms with Gasteiger partial charge < -0.3 is 10.1 Å². The number of nitrogens with one attached hydrogen (secondary N) is 1. The predicted octanol–water partition coefficient (Wildman–Crippen LogP) is 4.66. The van der Waals surface area contributed by atoms with Crippen LogP contribution in [0.1, 0.15) is 38.9 Å². The first-order valence-electron chi connectivity index (χ1n) is 8.23. The lowest BCUT2D eigenvalue weighted by atomic mass is 10.1. The molecule has 1 aromatic heterocycles. The minimum atomic E-state index is -0.311. The van der Waals surface area contributed by atoms with Gasteiger partial charge in [0.05, 0.1) is 11.7 Å². The van der Waals surface area contributed by atoms with Crippen LogP contribution in [0, 0.1) is 12.7 Å². The van der Waals surface area contributed by atoms with Crippen molar-refractivity contribution in [2.75, 3.05) is 0 Å². The minimum Gasteiger partial charge on any atom is -0.486 e. The summed E-state index contributed by atoms with van der Waals surface area (Å²) in [6, 6.07) is 15.5. The Balaban J connectivity index is 1.63. The molecule has 0 spiro atoms. The fourth-order valence-electron chi connectivity index (χ4n) is 2.49. The first kappa shape index (κ1) is 18.1. The Bertz CT molecular complexity index is 879. The number of thiazole rings is 1. The van der Waals surface area contributed by atoms with E-state index < -0.39 is 0 Å². The van der Waals surface area contributed by atoms with Crippen LogP contribution in [0.5, 0.6) is 5.75 Å². The van der Waals surface area contributed by atoms with Gasteiger partial charge >= 0.3 is 0 Å². The van der Waals surface area contributed by atoms with Gasteiger partial charge in [-0.25, -0.2) is 9.37 Å². The molecular formula is C20H19FN2O2S. The van der Waals surface area contributed by atoms with Crippen molar-refractivity contribution in [3.63, 3.8) is 0 Å². The summed E-state index contributed by atoms with van der Waals surface area (Å²) in [7, 11) is 0. The normalized spacial score (nSPS) is 11.8. The quantitative estimate of drug-likeness (QED) is 0.686. The number of nitrogens with zero attached hydrogens (tertiary/aromatic N) is 1. The summed E-state index contributed by atoms with van der Waals surface area (Å²) >= 11 is 1.30. The van der Waals surface area contributed by atoms with Gasteiger partial charge in [-0.1, -0.05) is 30.3 Å². The molecule has 26 heavy (non-hydrogen) atoms. The largest absolute Gasteiger partial charge is 0.486 e. The second-order valence-electron chi connectivity index (χ2n) is 5.87. The van der Waals surface area contributed by atoms with E-state index in [0.29, 0.717) is 21.3 Å². The smallest absolute Gasteiger partial charge is 0.263 e. The van der Waals surface area contributed by atoms with E-state index in [2.05, 4.69) is 10.3 Å². The van der Waals surface area contributed by atoms with Crippen molar-refractivity contribution in [3.05, 3.63) is 81.6 Å². The van der Waals surface area contributed by atoms with Crippen LogP contribution in [0.15, 0.2) is 54.6 Å². The zero-order valence-electron chi connectivity index (χ0n) is 14.5. The van der Waals surface area contributed by atoms with Crippen molar-refractivity contribution in [3.8, 4) is 5.75 Å². The highest BCUT2D eigenvalue weighted by atomic mass is 32.1. The number of carbonyl (C=O) groups is 1. The van der Waals surface area contributed by atoms with Crippen LogP contribution < -0.4 is 10.1 Å². The van der Waals surface area contributed by atoms with Gasteiger partial charge in [0, 0.05) is 0 Å². The number of amides is 1. The molecule has 3 rings (SSSR count). The number of aryl methyl sites for hydroxylation is 1. The maximum absolute atomic E-state index is 12.9. The second kappa shape index (κ2) is 8.10. The Labute approximate surface area is 155 Å². The number of hydrogen-bond donors (Lipinski definition) is 1. The van der Waals surface area contributed by atoms with E-state index in [-0.39, 0.29) is 24.4 Å². The fourth-order valence-corrected chi connectivity index (χ4v) is 3.37. The van der Waals surface area contributed by atoms with E-state index in [9.17, 15) is 9.18 Å². The lowest BCUT2D eigenvalue weighted by Gasteiger charge is -2.13. The molecule has 1 unspecified atom stereocenters. The van der Waals surface area contributed by atoms with Gasteiger partial charge in [0.25, 0.3) is 5.91 Å². The molecule has 0 fully saturated rings. The topological polar surface area (TPSA) is 51.2 Å². The van der Waals surface area contributed by atoms with Crippen molar-refractivity contribution in [2.24, 2.45) is 0 Å². The van der Waals surface area contributed by atoms with Crippen molar-refractivity contribution >= 4 is 17.2 Å². The number of halogens is 1. The zero-order chi connectivity index (χ0) is 18.5. The Morgan fingerprint density at radius 2 is 1.88 bits per heavy atom. The third-order valence-corrected chi connectivity index (χ3v) is 5.00. The SMILES string of the molecule is Cc1nc(COc2ccc(F)cc2)sc1C(=O)NC(C)c1ccccc1. The molecule has 0 radical (unpaired) electrons. The lowest BCUT2D eigenvalue weighted by molar-refractivity contribution is 0.0943. The van der Waals surface area contributed by atoms with Crippen LogP contribution >= 0.6 is 11.3 Å². The van der Waals surface area contributed by atoms with E-state index >= 15 is 0 Å². The number of ether oxygens (including phenoxy) is 1. The van der Waals surface area contributed by atoms with Crippen molar-refractivity contribution in [2.45, 2.75) is 26.5 Å². The van der Waals surface area contributed by atoms with Gasteiger partial charge in [0.1, 0.15) is 28.1 Å². The summed E-state index contributed by atoms with van der Waals surface area (Å²) in [5.41, 5.74) is 1.72. The number of hydrogen-bond acceptors (Lipinski definition) is 4. The van der Waals surface area contributed by atoms with Crippen LogP contribution in [-0.4, -0.2) is 10.9 Å². The zero-order valence-corrected chi connectivity index (χ0v) is 15.3. The Morgan fingerprint density at radius 3 is 2.58 bits per heavy atom. The number of carbonyl (C=O) groups excluding carboxylic acids is 1. The fraction of sp³-hybridized carbons (Fsp3) is 0.200. The number of rotatable bonds is 6. The van der Waals surface area contributed by atoms with Gasteiger partial charge in [0.2, 0.25) is 0 Å². The van der Waals surface area contributed by atoms with E-state index in [1.54, 1.807) is 19.1 Å². The molecule has 0 aliphatic heterocycles. The molecule has 1 N–H and O–H groups in total. The average Bonchev–Trinajstić information content (AvgIpc) is 3.03. The molecule has 1 atom stereocenters. The first-order valence-corrected chi connectivity index (χ1v) is 9.05. The molecule has 6 heteroatoms. The molecule has 0 saturated carbocycles. The highest BCUT2D eigenvalue weighted by Gasteiger charge is 2.18. The Morgan fingerprint density at radius 1 is 1.19 bits per heavy atom. The first-order chi connectivity index (χ1) is 12.5. The molecular weight excluding hydrogens is 351 g/mol. The molecule has 4 nitrogen and oxygen atoms in total. The third-order valence-electron chi connectivity index (χ3n) is 3.87. The van der Waals surface area contributed by atoms with E-state index in [1.165, 1.54) is 23.5 Å². The van der Waals surface area contributed by atoms with E-state index in [4.69, 9.17) is 4.74 Å². The molecule has 0 bridgehead atoms.